The van der Waals surface area contributed by atoms with Crippen molar-refractivity contribution in [3.8, 4) is 6.57 Å². The lowest BCUT2D eigenvalue weighted by atomic mass is 10.1. The zero-order chi connectivity index (χ0) is 16.4. The molecule has 0 spiro atoms. The minimum atomic E-state index is -3.68. The smallest absolute Gasteiger partial charge is 0.215 e. The van der Waals surface area contributed by atoms with Gasteiger partial charge in [-0.25, -0.2) is 8.42 Å². The van der Waals surface area contributed by atoms with Crippen molar-refractivity contribution >= 4 is 20.6 Å². The lowest BCUT2D eigenvalue weighted by Gasteiger charge is -2.07. The molecule has 4 heteroatoms. The van der Waals surface area contributed by atoms with E-state index in [2.05, 4.69) is 4.85 Å². The van der Waals surface area contributed by atoms with Crippen LogP contribution in [0.3, 0.4) is 0 Å². The third-order valence-electron chi connectivity index (χ3n) is 3.84. The van der Waals surface area contributed by atoms with Gasteiger partial charge in [-0.05, 0) is 42.0 Å². The third-order valence-corrected chi connectivity index (χ3v) is 5.75. The van der Waals surface area contributed by atoms with Crippen LogP contribution >= 0.6 is 0 Å². The molecule has 1 unspecified atom stereocenters. The molecule has 0 heterocycles. The Morgan fingerprint density at radius 2 is 1.57 bits per heavy atom. The van der Waals surface area contributed by atoms with Gasteiger partial charge in [0, 0.05) is 0 Å². The monoisotopic (exact) mass is 322 g/mol. The Balaban J connectivity index is 2.10. The highest BCUT2D eigenvalue weighted by Gasteiger charge is 2.37. The predicted molar refractivity (Wildman–Crippen MR) is 93.4 cm³/mol. The zero-order valence-electron chi connectivity index (χ0n) is 12.7. The topological polar surface area (TPSA) is 38.5 Å². The molecule has 0 N–H and O–H groups in total. The number of benzene rings is 3. The number of hydrogen-bond acceptors (Lipinski definition) is 2. The Bertz CT molecular complexity index is 999. The summed E-state index contributed by atoms with van der Waals surface area (Å²) in [5, 5.41) is 0.882. The van der Waals surface area contributed by atoms with Crippen LogP contribution in [0.25, 0.3) is 15.6 Å². The second-order valence-corrected chi connectivity index (χ2v) is 7.47. The molecule has 114 valence electrons. The summed E-state index contributed by atoms with van der Waals surface area (Å²) in [6, 6.07) is 19.9. The lowest BCUT2D eigenvalue weighted by Crippen LogP contribution is -2.10. The first-order valence-corrected chi connectivity index (χ1v) is 8.76. The molecule has 0 aliphatic heterocycles. The van der Waals surface area contributed by atoms with Crippen molar-refractivity contribution in [3.05, 3.63) is 82.7 Å². The van der Waals surface area contributed by atoms with Crippen LogP contribution in [0.15, 0.2) is 71.6 Å². The summed E-state index contributed by atoms with van der Waals surface area (Å²) in [6.45, 7) is 7.36. The van der Waals surface area contributed by atoms with Gasteiger partial charge in [-0.1, -0.05) is 52.9 Å². The van der Waals surface area contributed by atoms with E-state index in [1.54, 1.807) is 30.3 Å². The number of fused-ring (bicyclic) bond motifs is 1. The van der Waals surface area contributed by atoms with Crippen LogP contribution < -0.4 is 0 Å². The van der Waals surface area contributed by atoms with Gasteiger partial charge in [-0.2, -0.15) is 0 Å². The van der Waals surface area contributed by atoms with Crippen molar-refractivity contribution in [3.63, 3.8) is 0 Å². The molecule has 23 heavy (non-hydrogen) atoms. The van der Waals surface area contributed by atoms with Crippen LogP contribution in [0.2, 0.25) is 0 Å². The van der Waals surface area contributed by atoms with Gasteiger partial charge in [0.25, 0.3) is 16.4 Å². The van der Waals surface area contributed by atoms with Crippen LogP contribution in [-0.2, 0) is 9.84 Å². The van der Waals surface area contributed by atoms with Crippen LogP contribution in [0.5, 0.6) is 0 Å². The third kappa shape index (κ3) is 2.84. The summed E-state index contributed by atoms with van der Waals surface area (Å²) in [6.07, 6.45) is 0. The quantitative estimate of drug-likeness (QED) is 0.708. The number of rotatable bonds is 3. The van der Waals surface area contributed by atoms with Crippen molar-refractivity contribution in [2.45, 2.75) is 17.2 Å². The van der Waals surface area contributed by atoms with Crippen molar-refractivity contribution in [1.29, 1.82) is 0 Å². The standard InChI is InChI=1S/C19H16NO2S/c1-14-7-11-18(12-8-14)23(21,22)19(20-2)17-10-9-15-5-3-4-6-16(15)13-17/h2-13,19H,1H3/q+1. The molecule has 1 atom stereocenters. The number of hydrogen-bond donors (Lipinski definition) is 0. The maximum atomic E-state index is 12.8. The molecule has 0 aromatic heterocycles. The van der Waals surface area contributed by atoms with Gasteiger partial charge < -0.3 is 0 Å². The fourth-order valence-electron chi connectivity index (χ4n) is 2.56. The first kappa shape index (κ1) is 15.3. The van der Waals surface area contributed by atoms with E-state index in [4.69, 9.17) is 6.57 Å². The summed E-state index contributed by atoms with van der Waals surface area (Å²) in [4.78, 5) is 3.87. The average molecular weight is 322 g/mol. The highest BCUT2D eigenvalue weighted by atomic mass is 32.2. The highest BCUT2D eigenvalue weighted by Crippen LogP contribution is 2.32. The van der Waals surface area contributed by atoms with E-state index in [1.165, 1.54) is 0 Å². The summed E-state index contributed by atoms with van der Waals surface area (Å²) in [7, 11) is -3.68. The number of aryl methyl sites for hydroxylation is 1. The van der Waals surface area contributed by atoms with E-state index in [1.807, 2.05) is 43.3 Å². The van der Waals surface area contributed by atoms with Crippen LogP contribution in [0.4, 0.5) is 0 Å². The predicted octanol–water partition coefficient (Wildman–Crippen LogP) is 4.58. The van der Waals surface area contributed by atoms with E-state index < -0.39 is 15.2 Å². The Hall–Kier alpha value is -2.64. The van der Waals surface area contributed by atoms with E-state index in [0.717, 1.165) is 16.3 Å². The largest absolute Gasteiger partial charge is 0.397 e. The Morgan fingerprint density at radius 3 is 2.22 bits per heavy atom. The first-order chi connectivity index (χ1) is 11.0. The molecule has 0 saturated carbocycles. The van der Waals surface area contributed by atoms with Crippen molar-refractivity contribution in [2.24, 2.45) is 0 Å². The molecule has 0 fully saturated rings. The normalized spacial score (nSPS) is 12.7. The summed E-state index contributed by atoms with van der Waals surface area (Å²) >= 11 is 0. The average Bonchev–Trinajstić information content (AvgIpc) is 2.55. The maximum Gasteiger partial charge on any atom is 0.397 e. The van der Waals surface area contributed by atoms with Crippen LogP contribution in [-0.4, -0.2) is 8.42 Å². The second kappa shape index (κ2) is 5.86. The first-order valence-electron chi connectivity index (χ1n) is 7.21. The van der Waals surface area contributed by atoms with E-state index in [9.17, 15) is 8.42 Å². The zero-order valence-corrected chi connectivity index (χ0v) is 13.5. The molecule has 3 aromatic rings. The molecular formula is C19H16NO2S+. The van der Waals surface area contributed by atoms with Gasteiger partial charge in [-0.3, -0.25) is 0 Å². The Morgan fingerprint density at radius 1 is 0.913 bits per heavy atom. The van der Waals surface area contributed by atoms with Gasteiger partial charge in [-0.15, -0.1) is 0 Å². The summed E-state index contributed by atoms with van der Waals surface area (Å²) in [5.74, 6) is 0. The highest BCUT2D eigenvalue weighted by molar-refractivity contribution is 7.91. The Kier molecular flexibility index (Phi) is 3.89. The molecule has 0 radical (unpaired) electrons. The van der Waals surface area contributed by atoms with Gasteiger partial charge in [0.05, 0.1) is 10.5 Å². The molecule has 0 aliphatic rings. The number of nitrogens with zero attached hydrogens (tertiary/aromatic N) is 1. The molecular weight excluding hydrogens is 306 g/mol. The summed E-state index contributed by atoms with van der Waals surface area (Å²) < 4.78 is 25.7. The van der Waals surface area contributed by atoms with Gasteiger partial charge >= 0.3 is 5.37 Å². The van der Waals surface area contributed by atoms with Crippen molar-refractivity contribution in [2.75, 3.05) is 0 Å². The molecule has 0 amide bonds. The lowest BCUT2D eigenvalue weighted by molar-refractivity contribution is 0.590. The Labute approximate surface area is 135 Å². The summed E-state index contributed by atoms with van der Waals surface area (Å²) in [5.41, 5.74) is 1.56. The van der Waals surface area contributed by atoms with Gasteiger partial charge in [0.1, 0.15) is 0 Å². The molecule has 0 bridgehead atoms. The fraction of sp³-hybridized carbons (Fsp3) is 0.105. The van der Waals surface area contributed by atoms with Gasteiger partial charge in [0.2, 0.25) is 0 Å². The van der Waals surface area contributed by atoms with Gasteiger partial charge in [0.15, 0.2) is 0 Å². The van der Waals surface area contributed by atoms with Crippen LogP contribution in [0.1, 0.15) is 16.5 Å². The minimum Gasteiger partial charge on any atom is -0.215 e. The van der Waals surface area contributed by atoms with E-state index in [0.29, 0.717) is 5.56 Å². The van der Waals surface area contributed by atoms with Crippen molar-refractivity contribution < 1.29 is 8.42 Å². The molecule has 3 rings (SSSR count). The number of sulfone groups is 1. The second-order valence-electron chi connectivity index (χ2n) is 5.47. The van der Waals surface area contributed by atoms with Crippen LogP contribution in [0, 0.1) is 13.5 Å². The fourth-order valence-corrected chi connectivity index (χ4v) is 4.00. The van der Waals surface area contributed by atoms with Crippen molar-refractivity contribution in [1.82, 2.24) is 0 Å². The SMILES string of the molecule is C#[N+]C(c1ccc2ccccc2c1)S(=O)(=O)c1ccc(C)cc1. The molecule has 0 aliphatic carbocycles. The van der Waals surface area contributed by atoms with E-state index >= 15 is 0 Å². The maximum absolute atomic E-state index is 12.8. The minimum absolute atomic E-state index is 0.218. The molecule has 3 aromatic carbocycles. The molecule has 3 nitrogen and oxygen atoms in total. The van der Waals surface area contributed by atoms with E-state index in [-0.39, 0.29) is 4.90 Å². The molecule has 0 saturated heterocycles.